The lowest BCUT2D eigenvalue weighted by atomic mass is 9.86. The summed E-state index contributed by atoms with van der Waals surface area (Å²) in [5, 5.41) is 9.40. The Hall–Kier alpha value is -2.93. The van der Waals surface area contributed by atoms with Gasteiger partial charge in [0.15, 0.2) is 0 Å². The van der Waals surface area contributed by atoms with Gasteiger partial charge in [-0.2, -0.15) is 0 Å². The molecule has 2 aromatic rings. The summed E-state index contributed by atoms with van der Waals surface area (Å²) in [6, 6.07) is 1.79. The summed E-state index contributed by atoms with van der Waals surface area (Å²) in [4.78, 5) is 28.7. The van der Waals surface area contributed by atoms with Crippen molar-refractivity contribution in [1.82, 2.24) is 19.6 Å². The summed E-state index contributed by atoms with van der Waals surface area (Å²) in [5.74, 6) is -0.840. The van der Waals surface area contributed by atoms with E-state index in [-0.39, 0.29) is 17.4 Å². The van der Waals surface area contributed by atoms with Gasteiger partial charge >= 0.3 is 0 Å². The zero-order chi connectivity index (χ0) is 19.6. The number of nitrogens with zero attached hydrogens (tertiary/aromatic N) is 3. The Morgan fingerprint density at radius 3 is 2.81 bits per heavy atom. The van der Waals surface area contributed by atoms with Crippen LogP contribution in [-0.2, 0) is 17.9 Å². The third kappa shape index (κ3) is 3.93. The van der Waals surface area contributed by atoms with E-state index in [1.54, 1.807) is 28.5 Å². The highest BCUT2D eigenvalue weighted by atomic mass is 16.5. The lowest BCUT2D eigenvalue weighted by molar-refractivity contribution is -0.132. The molecule has 7 nitrogen and oxygen atoms in total. The van der Waals surface area contributed by atoms with Crippen molar-refractivity contribution in [2.45, 2.75) is 33.9 Å². The molecule has 0 saturated carbocycles. The van der Waals surface area contributed by atoms with E-state index in [1.165, 1.54) is 0 Å². The molecular weight excluding hydrogens is 344 g/mol. The van der Waals surface area contributed by atoms with E-state index in [0.29, 0.717) is 24.1 Å². The molecule has 2 N–H and O–H groups in total. The first-order valence-electron chi connectivity index (χ1n) is 8.91. The number of amides is 1. The second-order valence-electron chi connectivity index (χ2n) is 7.13. The predicted octanol–water partition coefficient (Wildman–Crippen LogP) is 2.42. The van der Waals surface area contributed by atoms with Gasteiger partial charge in [0.05, 0.1) is 11.3 Å². The number of hydrogen-bond donors (Lipinski definition) is 2. The third-order valence-corrected chi connectivity index (χ3v) is 4.77. The van der Waals surface area contributed by atoms with Gasteiger partial charge in [-0.05, 0) is 31.4 Å². The topological polar surface area (TPSA) is 89.2 Å². The summed E-state index contributed by atoms with van der Waals surface area (Å²) >= 11 is 0. The van der Waals surface area contributed by atoms with Crippen molar-refractivity contribution in [3.8, 4) is 0 Å². The second kappa shape index (κ2) is 7.75. The highest BCUT2D eigenvalue weighted by molar-refractivity contribution is 5.80. The fraction of sp³-hybridized carbons (Fsp3) is 0.350. The van der Waals surface area contributed by atoms with Crippen molar-refractivity contribution < 1.29 is 10.0 Å². The molecule has 7 heteroatoms. The van der Waals surface area contributed by atoms with E-state index in [0.717, 1.165) is 11.1 Å². The average Bonchev–Trinajstić information content (AvgIpc) is 3.04. The van der Waals surface area contributed by atoms with E-state index in [4.69, 9.17) is 5.21 Å². The van der Waals surface area contributed by atoms with Crippen LogP contribution in [0, 0.1) is 11.8 Å². The lowest BCUT2D eigenvalue weighted by Gasteiger charge is -2.21. The number of rotatable bonds is 5. The molecule has 142 valence electrons. The van der Waals surface area contributed by atoms with Crippen LogP contribution in [0.5, 0.6) is 0 Å². The van der Waals surface area contributed by atoms with Crippen LogP contribution >= 0.6 is 0 Å². The monoisotopic (exact) mass is 368 g/mol. The molecule has 2 aromatic heterocycles. The van der Waals surface area contributed by atoms with Crippen LogP contribution in [0.1, 0.15) is 20.8 Å². The van der Waals surface area contributed by atoms with Gasteiger partial charge in [-0.3, -0.25) is 19.4 Å². The van der Waals surface area contributed by atoms with Crippen LogP contribution in [-0.4, -0.2) is 25.2 Å². The number of nitrogens with one attached hydrogen (secondary N) is 1. The summed E-state index contributed by atoms with van der Waals surface area (Å²) in [6.07, 6.45) is 11.1. The van der Waals surface area contributed by atoms with Crippen LogP contribution in [0.25, 0.3) is 11.0 Å². The number of hydroxylamine groups is 1. The Labute approximate surface area is 157 Å². The zero-order valence-corrected chi connectivity index (χ0v) is 15.7. The van der Waals surface area contributed by atoms with Crippen LogP contribution in [0.3, 0.4) is 0 Å². The average molecular weight is 368 g/mol. The second-order valence-corrected chi connectivity index (χ2v) is 7.13. The molecule has 0 spiro atoms. The summed E-state index contributed by atoms with van der Waals surface area (Å²) in [7, 11) is 0. The van der Waals surface area contributed by atoms with Crippen molar-refractivity contribution in [3.05, 3.63) is 64.4 Å². The Kier molecular flexibility index (Phi) is 5.41. The fourth-order valence-corrected chi connectivity index (χ4v) is 3.25. The largest absolute Gasteiger partial charge is 0.328 e. The first kappa shape index (κ1) is 18.8. The van der Waals surface area contributed by atoms with Gasteiger partial charge < -0.3 is 4.57 Å². The summed E-state index contributed by atoms with van der Waals surface area (Å²) in [5.41, 5.74) is 4.47. The molecule has 0 aliphatic heterocycles. The van der Waals surface area contributed by atoms with Crippen molar-refractivity contribution in [2.75, 3.05) is 0 Å². The van der Waals surface area contributed by atoms with E-state index < -0.39 is 5.91 Å². The number of hydrogen-bond acceptors (Lipinski definition) is 4. The van der Waals surface area contributed by atoms with Crippen LogP contribution in [0.4, 0.5) is 0 Å². The minimum absolute atomic E-state index is 0.0340. The number of carbonyl (C=O) groups excluding carboxylic acids is 1. The number of carbonyl (C=O) groups is 1. The third-order valence-electron chi connectivity index (χ3n) is 4.77. The molecule has 2 unspecified atom stereocenters. The molecular formula is C20H24N4O3. The molecule has 0 fully saturated rings. The number of allylic oxidation sites excluding steroid dienone is 5. The zero-order valence-electron chi connectivity index (χ0n) is 15.7. The van der Waals surface area contributed by atoms with E-state index in [2.05, 4.69) is 4.98 Å². The Bertz CT molecular complexity index is 1010. The Morgan fingerprint density at radius 1 is 1.37 bits per heavy atom. The van der Waals surface area contributed by atoms with E-state index >= 15 is 0 Å². The molecule has 27 heavy (non-hydrogen) atoms. The molecule has 0 aromatic carbocycles. The van der Waals surface area contributed by atoms with Gasteiger partial charge in [0.2, 0.25) is 0 Å². The minimum Gasteiger partial charge on any atom is -0.328 e. The van der Waals surface area contributed by atoms with Crippen molar-refractivity contribution in [3.63, 3.8) is 0 Å². The molecule has 0 radical (unpaired) electrons. The van der Waals surface area contributed by atoms with Crippen LogP contribution in [0.2, 0.25) is 0 Å². The Morgan fingerprint density at radius 2 is 2.15 bits per heavy atom. The van der Waals surface area contributed by atoms with Gasteiger partial charge in [0, 0.05) is 19.3 Å². The molecule has 1 aliphatic rings. The lowest BCUT2D eigenvalue weighted by Crippen LogP contribution is -2.31. The van der Waals surface area contributed by atoms with Crippen LogP contribution < -0.4 is 11.0 Å². The maximum absolute atomic E-state index is 12.6. The molecule has 0 bridgehead atoms. The molecule has 2 heterocycles. The van der Waals surface area contributed by atoms with E-state index in [1.807, 2.05) is 49.8 Å². The standard InChI is InChI=1S/C20H24N4O3/c1-13(2)6-8-24-12-21-18-17(20(24)26)7-9-23(18)11-15-4-5-16(14(3)10-15)19(25)22-27/h4-7,9-10,12,14,16,27H,8,11H2,1-3H3,(H,22,25). The van der Waals surface area contributed by atoms with Crippen molar-refractivity contribution in [2.24, 2.45) is 11.8 Å². The Balaban J connectivity index is 1.84. The van der Waals surface area contributed by atoms with Crippen molar-refractivity contribution >= 4 is 16.9 Å². The maximum atomic E-state index is 12.6. The van der Waals surface area contributed by atoms with Gasteiger partial charge in [-0.1, -0.05) is 36.8 Å². The number of fused-ring (bicyclic) bond motifs is 1. The van der Waals surface area contributed by atoms with Gasteiger partial charge in [-0.25, -0.2) is 10.5 Å². The maximum Gasteiger partial charge on any atom is 0.263 e. The molecule has 1 amide bonds. The summed E-state index contributed by atoms with van der Waals surface area (Å²) < 4.78 is 3.52. The van der Waals surface area contributed by atoms with Gasteiger partial charge in [0.25, 0.3) is 11.5 Å². The molecule has 0 saturated heterocycles. The SMILES string of the molecule is CC(C)=CCn1cnc2c(ccn2CC2=CC(C)C(C(=O)NO)C=C2)c1=O. The normalized spacial score (nSPS) is 19.0. The smallest absolute Gasteiger partial charge is 0.263 e. The van der Waals surface area contributed by atoms with Gasteiger partial charge in [0.1, 0.15) is 12.0 Å². The first-order valence-corrected chi connectivity index (χ1v) is 8.91. The summed E-state index contributed by atoms with van der Waals surface area (Å²) in [6.45, 7) is 6.98. The molecule has 2 atom stereocenters. The minimum atomic E-state index is -0.418. The quantitative estimate of drug-likeness (QED) is 0.482. The number of aromatic nitrogens is 3. The first-order chi connectivity index (χ1) is 12.9. The molecule has 3 rings (SSSR count). The van der Waals surface area contributed by atoms with Crippen molar-refractivity contribution in [1.29, 1.82) is 0 Å². The van der Waals surface area contributed by atoms with Crippen LogP contribution in [0.15, 0.2) is 58.8 Å². The van der Waals surface area contributed by atoms with E-state index in [9.17, 15) is 9.59 Å². The fourth-order valence-electron chi connectivity index (χ4n) is 3.25. The highest BCUT2D eigenvalue weighted by Crippen LogP contribution is 2.24. The van der Waals surface area contributed by atoms with Gasteiger partial charge in [-0.15, -0.1) is 0 Å². The molecule has 1 aliphatic carbocycles. The highest BCUT2D eigenvalue weighted by Gasteiger charge is 2.23. The predicted molar refractivity (Wildman–Crippen MR) is 103 cm³/mol.